The summed E-state index contributed by atoms with van der Waals surface area (Å²) in [5.41, 5.74) is 1.31. The fourth-order valence-electron chi connectivity index (χ4n) is 1.67. The molecule has 7 nitrogen and oxygen atoms in total. The van der Waals surface area contributed by atoms with Crippen molar-refractivity contribution < 1.29 is 8.42 Å². The molecule has 2 heterocycles. The highest BCUT2D eigenvalue weighted by atomic mass is 79.9. The van der Waals surface area contributed by atoms with E-state index in [1.54, 1.807) is 26.1 Å². The predicted molar refractivity (Wildman–Crippen MR) is 78.8 cm³/mol. The zero-order valence-corrected chi connectivity index (χ0v) is 13.3. The molecular weight excluding hydrogens is 346 g/mol. The molecule has 2 rings (SSSR count). The maximum absolute atomic E-state index is 12.4. The highest BCUT2D eigenvalue weighted by Crippen LogP contribution is 2.23. The lowest BCUT2D eigenvalue weighted by atomic mass is 10.3. The van der Waals surface area contributed by atoms with E-state index in [2.05, 4.69) is 41.2 Å². The zero-order valence-electron chi connectivity index (χ0n) is 10.9. The molecule has 0 atom stereocenters. The van der Waals surface area contributed by atoms with Crippen molar-refractivity contribution >= 4 is 31.8 Å². The van der Waals surface area contributed by atoms with Gasteiger partial charge in [-0.2, -0.15) is 13.5 Å². The quantitative estimate of drug-likeness (QED) is 0.748. The van der Waals surface area contributed by atoms with Crippen LogP contribution in [0, 0.1) is 6.92 Å². The van der Waals surface area contributed by atoms with Gasteiger partial charge in [-0.25, -0.2) is 4.98 Å². The van der Waals surface area contributed by atoms with Crippen LogP contribution in [-0.2, 0) is 16.6 Å². The van der Waals surface area contributed by atoms with E-state index in [9.17, 15) is 8.42 Å². The van der Waals surface area contributed by atoms with Gasteiger partial charge in [0.05, 0.1) is 4.47 Å². The molecule has 0 amide bonds. The molecule has 0 bridgehead atoms. The second-order valence-electron chi connectivity index (χ2n) is 4.10. The molecule has 0 saturated carbocycles. The minimum atomic E-state index is -3.79. The third-order valence-corrected chi connectivity index (χ3v) is 4.58. The Morgan fingerprint density at radius 3 is 2.85 bits per heavy atom. The summed E-state index contributed by atoms with van der Waals surface area (Å²) in [6.07, 6.45) is 1.51. The molecule has 0 aliphatic heterocycles. The van der Waals surface area contributed by atoms with Gasteiger partial charge in [-0.1, -0.05) is 0 Å². The summed E-state index contributed by atoms with van der Waals surface area (Å²) in [5.74, 6) is 0.226. The Morgan fingerprint density at radius 2 is 2.20 bits per heavy atom. The van der Waals surface area contributed by atoms with Crippen molar-refractivity contribution in [1.82, 2.24) is 20.5 Å². The van der Waals surface area contributed by atoms with Crippen molar-refractivity contribution in [2.75, 3.05) is 11.8 Å². The fourth-order valence-corrected chi connectivity index (χ4v) is 3.39. The van der Waals surface area contributed by atoms with Crippen molar-refractivity contribution in [3.63, 3.8) is 0 Å². The maximum atomic E-state index is 12.4. The van der Waals surface area contributed by atoms with Crippen LogP contribution in [0.3, 0.4) is 0 Å². The van der Waals surface area contributed by atoms with E-state index in [1.807, 2.05) is 0 Å². The fraction of sp³-hybridized carbons (Fsp3) is 0.273. The summed E-state index contributed by atoms with van der Waals surface area (Å²) in [6, 6.07) is 3.40. The average Bonchev–Trinajstić information content (AvgIpc) is 2.75. The Balaban J connectivity index is 2.39. The Bertz CT molecular complexity index is 713. The molecule has 0 aromatic carbocycles. The number of rotatable bonds is 5. The topological polar surface area (TPSA) is 99.8 Å². The predicted octanol–water partition coefficient (Wildman–Crippen LogP) is 1.40. The van der Waals surface area contributed by atoms with Crippen LogP contribution in [0.5, 0.6) is 0 Å². The van der Waals surface area contributed by atoms with E-state index >= 15 is 0 Å². The van der Waals surface area contributed by atoms with Crippen LogP contribution in [0.25, 0.3) is 0 Å². The van der Waals surface area contributed by atoms with Crippen LogP contribution in [-0.4, -0.2) is 30.6 Å². The lowest BCUT2D eigenvalue weighted by Gasteiger charge is -2.08. The summed E-state index contributed by atoms with van der Waals surface area (Å²) < 4.78 is 27.7. The maximum Gasteiger partial charge on any atom is 0.282 e. The first kappa shape index (κ1) is 14.9. The van der Waals surface area contributed by atoms with Gasteiger partial charge >= 0.3 is 0 Å². The van der Waals surface area contributed by atoms with Gasteiger partial charge in [0.25, 0.3) is 10.0 Å². The molecule has 9 heteroatoms. The molecule has 0 fully saturated rings. The van der Waals surface area contributed by atoms with E-state index in [1.165, 1.54) is 6.20 Å². The Morgan fingerprint density at radius 1 is 1.45 bits per heavy atom. The molecular formula is C11H14BrN5O2S. The van der Waals surface area contributed by atoms with Gasteiger partial charge in [-0.15, -0.1) is 0 Å². The van der Waals surface area contributed by atoms with Gasteiger partial charge < -0.3 is 5.32 Å². The number of nitrogens with one attached hydrogen (secondary N) is 3. The van der Waals surface area contributed by atoms with Gasteiger partial charge in [0.1, 0.15) is 0 Å². The van der Waals surface area contributed by atoms with Crippen molar-refractivity contribution in [2.24, 2.45) is 0 Å². The highest BCUT2D eigenvalue weighted by molar-refractivity contribution is 9.10. The summed E-state index contributed by atoms with van der Waals surface area (Å²) in [5, 5.41) is 9.46. The van der Waals surface area contributed by atoms with Crippen molar-refractivity contribution in [3.05, 3.63) is 34.1 Å². The van der Waals surface area contributed by atoms with Crippen LogP contribution in [0.2, 0.25) is 0 Å². The Hall–Kier alpha value is -1.45. The van der Waals surface area contributed by atoms with E-state index in [4.69, 9.17) is 0 Å². The number of sulfonamides is 1. The molecule has 0 unspecified atom stereocenters. The molecule has 0 spiro atoms. The first-order chi connectivity index (χ1) is 9.45. The molecule has 3 N–H and O–H groups in total. The number of H-pyrrole nitrogens is 1. The summed E-state index contributed by atoms with van der Waals surface area (Å²) >= 11 is 3.25. The van der Waals surface area contributed by atoms with Crippen molar-refractivity contribution in [2.45, 2.75) is 18.5 Å². The van der Waals surface area contributed by atoms with E-state index in [-0.39, 0.29) is 10.8 Å². The van der Waals surface area contributed by atoms with Crippen LogP contribution >= 0.6 is 15.9 Å². The Kier molecular flexibility index (Phi) is 4.41. The molecule has 0 saturated heterocycles. The molecule has 0 radical (unpaired) electrons. The first-order valence-corrected chi connectivity index (χ1v) is 8.05. The molecule has 2 aromatic heterocycles. The lowest BCUT2D eigenvalue weighted by Crippen LogP contribution is -2.18. The number of anilines is 1. The largest absolute Gasteiger partial charge is 0.316 e. The average molecular weight is 360 g/mol. The van der Waals surface area contributed by atoms with Crippen molar-refractivity contribution in [3.8, 4) is 0 Å². The third-order valence-electron chi connectivity index (χ3n) is 2.63. The molecule has 108 valence electrons. The monoisotopic (exact) mass is 359 g/mol. The normalized spacial score (nSPS) is 11.6. The molecule has 0 aliphatic carbocycles. The first-order valence-electron chi connectivity index (χ1n) is 5.77. The minimum absolute atomic E-state index is 0.0260. The van der Waals surface area contributed by atoms with E-state index < -0.39 is 10.0 Å². The highest BCUT2D eigenvalue weighted by Gasteiger charge is 2.24. The van der Waals surface area contributed by atoms with Crippen LogP contribution < -0.4 is 10.0 Å². The second-order valence-corrected chi connectivity index (χ2v) is 6.55. The minimum Gasteiger partial charge on any atom is -0.316 e. The number of aryl methyl sites for hydroxylation is 1. The van der Waals surface area contributed by atoms with Crippen LogP contribution in [0.1, 0.15) is 11.3 Å². The number of halogens is 1. The van der Waals surface area contributed by atoms with Gasteiger partial charge in [0.15, 0.2) is 5.82 Å². The van der Waals surface area contributed by atoms with Gasteiger partial charge in [0, 0.05) is 24.0 Å². The summed E-state index contributed by atoms with van der Waals surface area (Å²) in [4.78, 5) is 3.98. The number of nitrogens with zero attached hydrogens (tertiary/aromatic N) is 2. The number of hydrogen-bond donors (Lipinski definition) is 3. The van der Waals surface area contributed by atoms with Crippen LogP contribution in [0.15, 0.2) is 27.8 Å². The number of aromatic nitrogens is 3. The number of aromatic amines is 1. The van der Waals surface area contributed by atoms with Crippen LogP contribution in [0.4, 0.5) is 5.82 Å². The molecule has 2 aromatic rings. The standard InChI is InChI=1S/C11H14BrN5O2S/c1-7-8(6-13-2)11(16-15-7)20(18,19)17-10-9(12)4-3-5-14-10/h3-5,13H,6H2,1-2H3,(H,14,17)(H,15,16). The van der Waals surface area contributed by atoms with Gasteiger partial charge in [0.2, 0.25) is 5.03 Å². The number of pyridine rings is 1. The van der Waals surface area contributed by atoms with Gasteiger partial charge in [-0.3, -0.25) is 9.82 Å². The van der Waals surface area contributed by atoms with E-state index in [0.717, 1.165) is 0 Å². The van der Waals surface area contributed by atoms with Gasteiger partial charge in [-0.05, 0) is 42.0 Å². The lowest BCUT2D eigenvalue weighted by molar-refractivity contribution is 0.594. The number of hydrogen-bond acceptors (Lipinski definition) is 5. The zero-order chi connectivity index (χ0) is 14.8. The van der Waals surface area contributed by atoms with E-state index in [0.29, 0.717) is 22.3 Å². The molecule has 20 heavy (non-hydrogen) atoms. The SMILES string of the molecule is CNCc1c(S(=O)(=O)Nc2ncccc2Br)n[nH]c1C. The van der Waals surface area contributed by atoms with Crippen molar-refractivity contribution in [1.29, 1.82) is 0 Å². The summed E-state index contributed by atoms with van der Waals surface area (Å²) in [6.45, 7) is 2.18. The smallest absolute Gasteiger partial charge is 0.282 e. The summed E-state index contributed by atoms with van der Waals surface area (Å²) in [7, 11) is -2.05. The molecule has 0 aliphatic rings. The Labute approximate surface area is 125 Å². The third kappa shape index (κ3) is 3.00. The second kappa shape index (κ2) is 5.90.